The van der Waals surface area contributed by atoms with Crippen LogP contribution in [0.2, 0.25) is 0 Å². The Morgan fingerprint density at radius 2 is 2.00 bits per heavy atom. The molecule has 0 aliphatic heterocycles. The van der Waals surface area contributed by atoms with Gasteiger partial charge in [0.05, 0.1) is 18.4 Å². The largest absolute Gasteiger partial charge is 0.356 e. The summed E-state index contributed by atoms with van der Waals surface area (Å²) in [5.74, 6) is 1.59. The lowest BCUT2D eigenvalue weighted by atomic mass is 10.2. The van der Waals surface area contributed by atoms with E-state index in [4.69, 9.17) is 0 Å². The van der Waals surface area contributed by atoms with E-state index in [-0.39, 0.29) is 0 Å². The lowest BCUT2D eigenvalue weighted by Gasteiger charge is -2.10. The summed E-state index contributed by atoms with van der Waals surface area (Å²) in [5, 5.41) is 15.0. The molecule has 3 aromatic rings. The molecule has 0 amide bonds. The minimum Gasteiger partial charge on any atom is -0.356 e. The summed E-state index contributed by atoms with van der Waals surface area (Å²) in [6, 6.07) is 10.1. The fourth-order valence-corrected chi connectivity index (χ4v) is 2.40. The van der Waals surface area contributed by atoms with Crippen molar-refractivity contribution in [3.63, 3.8) is 0 Å². The number of aromatic nitrogens is 5. The number of hydrogen-bond donors (Lipinski definition) is 2. The zero-order valence-corrected chi connectivity index (χ0v) is 14.4. The molecule has 130 valence electrons. The molecular formula is C17H22N8. The maximum absolute atomic E-state index is 4.41. The highest BCUT2D eigenvalue weighted by molar-refractivity contribution is 5.79. The average molecular weight is 338 g/mol. The lowest BCUT2D eigenvalue weighted by molar-refractivity contribution is 0.672. The van der Waals surface area contributed by atoms with Gasteiger partial charge in [-0.15, -0.1) is 0 Å². The van der Waals surface area contributed by atoms with Gasteiger partial charge in [-0.1, -0.05) is 18.2 Å². The van der Waals surface area contributed by atoms with Gasteiger partial charge in [0, 0.05) is 26.8 Å². The Morgan fingerprint density at radius 3 is 2.72 bits per heavy atom. The smallest absolute Gasteiger partial charge is 0.191 e. The summed E-state index contributed by atoms with van der Waals surface area (Å²) in [7, 11) is 3.62. The van der Waals surface area contributed by atoms with Crippen molar-refractivity contribution in [2.75, 3.05) is 13.6 Å². The number of nitrogens with zero attached hydrogens (tertiary/aromatic N) is 6. The van der Waals surface area contributed by atoms with Crippen LogP contribution in [-0.4, -0.2) is 44.1 Å². The van der Waals surface area contributed by atoms with Gasteiger partial charge in [0.25, 0.3) is 0 Å². The van der Waals surface area contributed by atoms with Crippen LogP contribution in [0.1, 0.15) is 11.4 Å². The van der Waals surface area contributed by atoms with Gasteiger partial charge >= 0.3 is 0 Å². The molecule has 0 radical (unpaired) electrons. The zero-order chi connectivity index (χ0) is 17.5. The molecule has 8 heteroatoms. The van der Waals surface area contributed by atoms with Gasteiger partial charge < -0.3 is 10.6 Å². The van der Waals surface area contributed by atoms with E-state index in [0.29, 0.717) is 6.54 Å². The second-order valence-corrected chi connectivity index (χ2v) is 5.53. The highest BCUT2D eigenvalue weighted by atomic mass is 15.3. The predicted molar refractivity (Wildman–Crippen MR) is 96.5 cm³/mol. The Bertz CT molecular complexity index is 818. The molecule has 0 aliphatic carbocycles. The number of guanidine groups is 1. The number of benzene rings is 1. The van der Waals surface area contributed by atoms with Crippen LogP contribution in [0.4, 0.5) is 0 Å². The van der Waals surface area contributed by atoms with Crippen LogP contribution in [-0.2, 0) is 20.0 Å². The first-order valence-corrected chi connectivity index (χ1v) is 8.12. The summed E-state index contributed by atoms with van der Waals surface area (Å²) < 4.78 is 3.62. The van der Waals surface area contributed by atoms with Crippen molar-refractivity contribution < 1.29 is 0 Å². The van der Waals surface area contributed by atoms with E-state index >= 15 is 0 Å². The summed E-state index contributed by atoms with van der Waals surface area (Å²) in [4.78, 5) is 8.39. The van der Waals surface area contributed by atoms with Crippen LogP contribution < -0.4 is 10.6 Å². The second kappa shape index (κ2) is 8.09. The second-order valence-electron chi connectivity index (χ2n) is 5.53. The van der Waals surface area contributed by atoms with Gasteiger partial charge in [0.1, 0.15) is 12.2 Å². The zero-order valence-electron chi connectivity index (χ0n) is 14.4. The van der Waals surface area contributed by atoms with E-state index in [1.165, 1.54) is 11.9 Å². The van der Waals surface area contributed by atoms with Crippen molar-refractivity contribution in [2.45, 2.75) is 13.0 Å². The molecule has 0 aliphatic rings. The van der Waals surface area contributed by atoms with Crippen molar-refractivity contribution in [1.82, 2.24) is 35.2 Å². The van der Waals surface area contributed by atoms with Crippen LogP contribution in [0.3, 0.4) is 0 Å². The molecule has 0 saturated heterocycles. The molecule has 25 heavy (non-hydrogen) atoms. The van der Waals surface area contributed by atoms with E-state index in [2.05, 4.69) is 30.8 Å². The van der Waals surface area contributed by atoms with Gasteiger partial charge in [0.15, 0.2) is 5.96 Å². The summed E-state index contributed by atoms with van der Waals surface area (Å²) in [6.45, 7) is 1.33. The fraction of sp³-hybridized carbons (Fsp3) is 0.294. The van der Waals surface area contributed by atoms with Crippen molar-refractivity contribution in [1.29, 1.82) is 0 Å². The Balaban J connectivity index is 1.47. The third-order valence-electron chi connectivity index (χ3n) is 3.81. The highest BCUT2D eigenvalue weighted by Gasteiger charge is 2.04. The van der Waals surface area contributed by atoms with Crippen LogP contribution in [0.15, 0.2) is 54.0 Å². The quantitative estimate of drug-likeness (QED) is 0.515. The van der Waals surface area contributed by atoms with E-state index in [1.807, 2.05) is 54.5 Å². The predicted octanol–water partition coefficient (Wildman–Crippen LogP) is 0.908. The summed E-state index contributed by atoms with van der Waals surface area (Å²) >= 11 is 0. The molecule has 0 spiro atoms. The topological polar surface area (TPSA) is 84.9 Å². The number of aliphatic imine (C=N–C) groups is 1. The molecule has 1 aromatic carbocycles. The molecule has 0 fully saturated rings. The van der Waals surface area contributed by atoms with Crippen molar-refractivity contribution >= 4 is 5.96 Å². The van der Waals surface area contributed by atoms with E-state index in [9.17, 15) is 0 Å². The van der Waals surface area contributed by atoms with Gasteiger partial charge in [-0.2, -0.15) is 10.2 Å². The number of aryl methyl sites for hydroxylation is 1. The first-order chi connectivity index (χ1) is 12.3. The van der Waals surface area contributed by atoms with Gasteiger partial charge in [-0.05, 0) is 24.1 Å². The van der Waals surface area contributed by atoms with Crippen LogP contribution in [0.25, 0.3) is 5.69 Å². The Kier molecular flexibility index (Phi) is 5.40. The standard InChI is InChI=1S/C17H22N8/c1-18-17(20-11-16-21-13-23-24(16)2)19-9-8-14-10-22-25(12-14)15-6-4-3-5-7-15/h3-7,10,12-13H,8-9,11H2,1-2H3,(H2,18,19,20). The molecule has 2 heterocycles. The lowest BCUT2D eigenvalue weighted by Crippen LogP contribution is -2.38. The number of nitrogens with one attached hydrogen (secondary N) is 2. The maximum atomic E-state index is 4.41. The molecule has 2 aromatic heterocycles. The van der Waals surface area contributed by atoms with E-state index < -0.39 is 0 Å². The molecule has 3 rings (SSSR count). The van der Waals surface area contributed by atoms with E-state index in [0.717, 1.165) is 30.4 Å². The number of para-hydroxylation sites is 1. The first-order valence-electron chi connectivity index (χ1n) is 8.12. The summed E-state index contributed by atoms with van der Waals surface area (Å²) in [6.07, 6.45) is 6.34. The van der Waals surface area contributed by atoms with Crippen molar-refractivity contribution in [2.24, 2.45) is 12.0 Å². The highest BCUT2D eigenvalue weighted by Crippen LogP contribution is 2.07. The third kappa shape index (κ3) is 4.43. The fourth-order valence-electron chi connectivity index (χ4n) is 2.40. The average Bonchev–Trinajstić information content (AvgIpc) is 3.28. The minimum absolute atomic E-state index is 0.572. The Labute approximate surface area is 146 Å². The normalized spacial score (nSPS) is 11.5. The van der Waals surface area contributed by atoms with Gasteiger partial charge in [-0.3, -0.25) is 9.67 Å². The van der Waals surface area contributed by atoms with Crippen LogP contribution in [0, 0.1) is 0 Å². The molecular weight excluding hydrogens is 316 g/mol. The van der Waals surface area contributed by atoms with E-state index in [1.54, 1.807) is 11.7 Å². The molecule has 0 unspecified atom stereocenters. The van der Waals surface area contributed by atoms with Crippen molar-refractivity contribution in [3.05, 3.63) is 60.4 Å². The Hall–Kier alpha value is -3.16. The molecule has 0 bridgehead atoms. The van der Waals surface area contributed by atoms with Crippen LogP contribution >= 0.6 is 0 Å². The van der Waals surface area contributed by atoms with Crippen molar-refractivity contribution in [3.8, 4) is 5.69 Å². The molecule has 8 nitrogen and oxygen atoms in total. The molecule has 2 N–H and O–H groups in total. The minimum atomic E-state index is 0.572. The number of hydrogen-bond acceptors (Lipinski definition) is 4. The third-order valence-corrected chi connectivity index (χ3v) is 3.81. The number of rotatable bonds is 6. The molecule has 0 atom stereocenters. The Morgan fingerprint density at radius 1 is 1.16 bits per heavy atom. The monoisotopic (exact) mass is 338 g/mol. The SMILES string of the molecule is CN=C(NCCc1cnn(-c2ccccc2)c1)NCc1ncnn1C. The van der Waals surface area contributed by atoms with Crippen LogP contribution in [0.5, 0.6) is 0 Å². The maximum Gasteiger partial charge on any atom is 0.191 e. The van der Waals surface area contributed by atoms with Gasteiger partial charge in [0.2, 0.25) is 0 Å². The first kappa shape index (κ1) is 16.7. The summed E-state index contributed by atoms with van der Waals surface area (Å²) in [5.41, 5.74) is 2.22. The molecule has 0 saturated carbocycles. The van der Waals surface area contributed by atoms with Gasteiger partial charge in [-0.25, -0.2) is 9.67 Å².